The van der Waals surface area contributed by atoms with Crippen LogP contribution < -0.4 is 5.73 Å². The quantitative estimate of drug-likeness (QED) is 0.693. The van der Waals surface area contributed by atoms with Gasteiger partial charge in [0.15, 0.2) is 0 Å². The fourth-order valence-electron chi connectivity index (χ4n) is 2.63. The van der Waals surface area contributed by atoms with Crippen LogP contribution in [0.25, 0.3) is 11.3 Å². The summed E-state index contributed by atoms with van der Waals surface area (Å²) in [6, 6.07) is 6.55. The predicted molar refractivity (Wildman–Crippen MR) is 78.5 cm³/mol. The first-order chi connectivity index (χ1) is 9.58. The first-order valence-corrected chi connectivity index (χ1v) is 7.46. The number of benzene rings is 1. The fraction of sp³-hybridized carbons (Fsp3) is 0.357. The van der Waals surface area contributed by atoms with Crippen molar-refractivity contribution in [2.45, 2.75) is 31.2 Å². The number of nitro benzene ring substituents is 1. The molecule has 104 valence electrons. The lowest BCUT2D eigenvalue weighted by atomic mass is 10.0. The van der Waals surface area contributed by atoms with Crippen LogP contribution in [0, 0.1) is 10.1 Å². The van der Waals surface area contributed by atoms with Gasteiger partial charge in [-0.3, -0.25) is 10.1 Å². The van der Waals surface area contributed by atoms with Gasteiger partial charge in [0.05, 0.1) is 16.2 Å². The largest absolute Gasteiger partial charge is 0.319 e. The lowest BCUT2D eigenvalue weighted by Crippen LogP contribution is -2.32. The van der Waals surface area contributed by atoms with Gasteiger partial charge in [-0.1, -0.05) is 25.0 Å². The van der Waals surface area contributed by atoms with Crippen molar-refractivity contribution in [3.63, 3.8) is 0 Å². The minimum absolute atomic E-state index is 0.0837. The number of hydrogen-bond donors (Lipinski definition) is 1. The molecule has 1 saturated carbocycles. The van der Waals surface area contributed by atoms with E-state index in [-0.39, 0.29) is 11.2 Å². The molecule has 3 rings (SSSR count). The van der Waals surface area contributed by atoms with Crippen molar-refractivity contribution >= 4 is 17.0 Å². The van der Waals surface area contributed by atoms with Gasteiger partial charge in [-0.25, -0.2) is 4.98 Å². The molecule has 0 atom stereocenters. The van der Waals surface area contributed by atoms with Gasteiger partial charge in [0.1, 0.15) is 5.01 Å². The molecule has 0 aliphatic heterocycles. The molecule has 0 saturated heterocycles. The average molecular weight is 289 g/mol. The number of rotatable bonds is 3. The molecule has 0 radical (unpaired) electrons. The Bertz CT molecular complexity index is 647. The van der Waals surface area contributed by atoms with Crippen LogP contribution in [0.5, 0.6) is 0 Å². The normalized spacial score (nSPS) is 17.2. The molecule has 1 fully saturated rings. The van der Waals surface area contributed by atoms with Gasteiger partial charge in [-0.05, 0) is 12.8 Å². The highest BCUT2D eigenvalue weighted by atomic mass is 32.1. The summed E-state index contributed by atoms with van der Waals surface area (Å²) in [5, 5.41) is 13.7. The molecular formula is C14H15N3O2S. The first-order valence-electron chi connectivity index (χ1n) is 6.58. The molecule has 6 heteroatoms. The Balaban J connectivity index is 1.94. The van der Waals surface area contributed by atoms with Crippen LogP contribution >= 0.6 is 11.3 Å². The summed E-state index contributed by atoms with van der Waals surface area (Å²) in [4.78, 5) is 15.0. The second-order valence-corrected chi connectivity index (χ2v) is 6.07. The number of non-ortho nitro benzene ring substituents is 1. The molecule has 0 amide bonds. The van der Waals surface area contributed by atoms with E-state index in [0.717, 1.165) is 41.9 Å². The molecule has 1 aliphatic carbocycles. The van der Waals surface area contributed by atoms with Crippen molar-refractivity contribution < 1.29 is 4.92 Å². The standard InChI is InChI=1S/C14H15N3O2S/c15-14(6-1-2-7-14)13-16-12(9-20-13)10-4-3-5-11(8-10)17(18)19/h3-5,8-9H,1-2,6-7,15H2. The van der Waals surface area contributed by atoms with Crippen LogP contribution in [0.4, 0.5) is 5.69 Å². The van der Waals surface area contributed by atoms with E-state index in [1.807, 2.05) is 11.4 Å². The summed E-state index contributed by atoms with van der Waals surface area (Å²) in [7, 11) is 0. The fourth-order valence-corrected chi connectivity index (χ4v) is 3.64. The van der Waals surface area contributed by atoms with Crippen molar-refractivity contribution in [3.05, 3.63) is 44.8 Å². The summed E-state index contributed by atoms with van der Waals surface area (Å²) in [5.74, 6) is 0. The Morgan fingerprint density at radius 2 is 2.10 bits per heavy atom. The van der Waals surface area contributed by atoms with Crippen molar-refractivity contribution in [2.24, 2.45) is 5.73 Å². The Morgan fingerprint density at radius 1 is 1.35 bits per heavy atom. The van der Waals surface area contributed by atoms with Gasteiger partial charge in [0, 0.05) is 23.1 Å². The Labute approximate surface area is 120 Å². The maximum Gasteiger partial charge on any atom is 0.270 e. The van der Waals surface area contributed by atoms with E-state index in [1.54, 1.807) is 23.5 Å². The minimum Gasteiger partial charge on any atom is -0.319 e. The first kappa shape index (κ1) is 13.2. The molecule has 0 bridgehead atoms. The molecule has 0 unspecified atom stereocenters. The smallest absolute Gasteiger partial charge is 0.270 e. The zero-order chi connectivity index (χ0) is 14.2. The molecule has 5 nitrogen and oxygen atoms in total. The molecule has 1 aromatic carbocycles. The monoisotopic (exact) mass is 289 g/mol. The number of nitrogens with two attached hydrogens (primary N) is 1. The molecule has 2 N–H and O–H groups in total. The van der Waals surface area contributed by atoms with E-state index in [2.05, 4.69) is 4.98 Å². The third-order valence-electron chi connectivity index (χ3n) is 3.78. The van der Waals surface area contributed by atoms with Crippen LogP contribution in [0.1, 0.15) is 30.7 Å². The molecule has 1 aromatic heterocycles. The predicted octanol–water partition coefficient (Wildman–Crippen LogP) is 3.45. The zero-order valence-corrected chi connectivity index (χ0v) is 11.7. The number of aromatic nitrogens is 1. The lowest BCUT2D eigenvalue weighted by Gasteiger charge is -2.19. The Kier molecular flexibility index (Phi) is 3.27. The van der Waals surface area contributed by atoms with E-state index >= 15 is 0 Å². The molecule has 20 heavy (non-hydrogen) atoms. The van der Waals surface area contributed by atoms with Gasteiger partial charge in [0.2, 0.25) is 0 Å². The van der Waals surface area contributed by atoms with Gasteiger partial charge in [-0.2, -0.15) is 0 Å². The maximum absolute atomic E-state index is 10.8. The minimum atomic E-state index is -0.391. The van der Waals surface area contributed by atoms with Crippen LogP contribution in [0.2, 0.25) is 0 Å². The van der Waals surface area contributed by atoms with Crippen LogP contribution in [-0.4, -0.2) is 9.91 Å². The summed E-state index contributed by atoms with van der Waals surface area (Å²) in [5.41, 5.74) is 7.71. The van der Waals surface area contributed by atoms with Crippen molar-refractivity contribution in [2.75, 3.05) is 0 Å². The Hall–Kier alpha value is -1.79. The average Bonchev–Trinajstić information content (AvgIpc) is 3.08. The van der Waals surface area contributed by atoms with E-state index in [9.17, 15) is 10.1 Å². The third kappa shape index (κ3) is 2.32. The van der Waals surface area contributed by atoms with Crippen LogP contribution in [0.15, 0.2) is 29.6 Å². The lowest BCUT2D eigenvalue weighted by molar-refractivity contribution is -0.384. The van der Waals surface area contributed by atoms with Gasteiger partial charge in [-0.15, -0.1) is 11.3 Å². The van der Waals surface area contributed by atoms with Crippen molar-refractivity contribution in [1.29, 1.82) is 0 Å². The maximum atomic E-state index is 10.8. The number of hydrogen-bond acceptors (Lipinski definition) is 5. The van der Waals surface area contributed by atoms with E-state index in [4.69, 9.17) is 5.73 Å². The highest BCUT2D eigenvalue weighted by Crippen LogP contribution is 2.39. The van der Waals surface area contributed by atoms with E-state index < -0.39 is 4.92 Å². The summed E-state index contributed by atoms with van der Waals surface area (Å²) < 4.78 is 0. The number of nitrogens with zero attached hydrogens (tertiary/aromatic N) is 2. The molecular weight excluding hydrogens is 274 g/mol. The summed E-state index contributed by atoms with van der Waals surface area (Å²) in [6.07, 6.45) is 4.22. The van der Waals surface area contributed by atoms with Gasteiger partial charge in [0.25, 0.3) is 5.69 Å². The third-order valence-corrected chi connectivity index (χ3v) is 4.84. The molecule has 0 spiro atoms. The van der Waals surface area contributed by atoms with E-state index in [0.29, 0.717) is 0 Å². The zero-order valence-electron chi connectivity index (χ0n) is 10.9. The van der Waals surface area contributed by atoms with E-state index in [1.165, 1.54) is 6.07 Å². The highest BCUT2D eigenvalue weighted by Gasteiger charge is 2.34. The second-order valence-electron chi connectivity index (χ2n) is 5.21. The highest BCUT2D eigenvalue weighted by molar-refractivity contribution is 7.10. The molecule has 2 aromatic rings. The SMILES string of the molecule is NC1(c2nc(-c3cccc([N+](=O)[O-])c3)cs2)CCCC1. The van der Waals surface area contributed by atoms with Crippen LogP contribution in [0.3, 0.4) is 0 Å². The summed E-state index contributed by atoms with van der Waals surface area (Å²) >= 11 is 1.55. The molecule has 1 heterocycles. The molecule has 1 aliphatic rings. The van der Waals surface area contributed by atoms with Crippen molar-refractivity contribution in [1.82, 2.24) is 4.98 Å². The number of nitro groups is 1. The topological polar surface area (TPSA) is 82.0 Å². The van der Waals surface area contributed by atoms with Gasteiger partial charge >= 0.3 is 0 Å². The Morgan fingerprint density at radius 3 is 2.80 bits per heavy atom. The van der Waals surface area contributed by atoms with Crippen LogP contribution in [-0.2, 0) is 5.54 Å². The van der Waals surface area contributed by atoms with Crippen molar-refractivity contribution in [3.8, 4) is 11.3 Å². The second kappa shape index (κ2) is 4.96. The van der Waals surface area contributed by atoms with Gasteiger partial charge < -0.3 is 5.73 Å². The summed E-state index contributed by atoms with van der Waals surface area (Å²) in [6.45, 7) is 0. The number of thiazole rings is 1.